The van der Waals surface area contributed by atoms with Crippen molar-refractivity contribution in [1.82, 2.24) is 10.6 Å². The largest absolute Gasteiger partial charge is 0.456 e. The molecule has 0 unspecified atom stereocenters. The average Bonchev–Trinajstić information content (AvgIpc) is 4.14. The van der Waals surface area contributed by atoms with Gasteiger partial charge in [0.25, 0.3) is 0 Å². The summed E-state index contributed by atoms with van der Waals surface area (Å²) in [5.41, 5.74) is -6.91. The van der Waals surface area contributed by atoms with E-state index >= 15 is 4.79 Å². The minimum atomic E-state index is -2.38. The minimum absolute atomic E-state index is 0.00140. The molecular weight excluding hydrogens is 817 g/mol. The van der Waals surface area contributed by atoms with Crippen molar-refractivity contribution in [3.05, 3.63) is 94.6 Å². The van der Waals surface area contributed by atoms with E-state index in [4.69, 9.17) is 23.7 Å². The van der Waals surface area contributed by atoms with E-state index < -0.39 is 113 Å². The van der Waals surface area contributed by atoms with Gasteiger partial charge in [-0.1, -0.05) is 68.5 Å². The van der Waals surface area contributed by atoms with E-state index in [1.807, 2.05) is 0 Å². The lowest BCUT2D eigenvalue weighted by Gasteiger charge is -2.67. The molecule has 16 nitrogen and oxygen atoms in total. The van der Waals surface area contributed by atoms with Gasteiger partial charge in [0.2, 0.25) is 5.91 Å². The standard InChI is InChI=1S/C45H53NO14.C2H5N/c1-9-23(2)39(52)46-33(27-16-12-10-13-17-27)34(50)41(54)58-29-21-45(55)38(59-40(53)28-18-14-11-15-19-28)36-43(8,30(49)20-31-44(36,22-56-31)60-26(5)48)37(51)35(57-25(4)47)32(24(29)3)42(45,6)7;1-2-3-1/h9-19,29-31,33-36,38,49-50,55H,20-22H2,1-8H3,(H,46,52);3H,1-2H2/b23-9+;/t29-,30-,31+,33-,34+,35+,36-,38-,43+,44-,45+;/m0./s1. The second kappa shape index (κ2) is 18.1. The van der Waals surface area contributed by atoms with Crippen LogP contribution < -0.4 is 10.6 Å². The smallest absolute Gasteiger partial charge is 0.338 e. The van der Waals surface area contributed by atoms with E-state index in [0.29, 0.717) is 11.1 Å². The Hall–Kier alpha value is -5.26. The lowest BCUT2D eigenvalue weighted by molar-refractivity contribution is -0.346. The Morgan fingerprint density at radius 2 is 1.52 bits per heavy atom. The van der Waals surface area contributed by atoms with Crippen LogP contribution in [0.25, 0.3) is 0 Å². The number of carbonyl (C=O) groups is 6. The number of esters is 4. The molecular formula is C47H58N2O14. The van der Waals surface area contributed by atoms with Gasteiger partial charge in [-0.05, 0) is 56.5 Å². The Labute approximate surface area is 366 Å². The fourth-order valence-corrected chi connectivity index (χ4v) is 9.75. The van der Waals surface area contributed by atoms with Crippen LogP contribution in [0.15, 0.2) is 83.5 Å². The van der Waals surface area contributed by atoms with E-state index in [1.165, 1.54) is 39.1 Å². The summed E-state index contributed by atoms with van der Waals surface area (Å²) in [6, 6.07) is 14.8. The van der Waals surface area contributed by atoms with Crippen molar-refractivity contribution in [2.75, 3.05) is 19.7 Å². The molecule has 0 spiro atoms. The molecule has 7 rings (SSSR count). The molecule has 1 amide bonds. The number of Topliss-reactive ketones (excluding diaryl/α,β-unsaturated/α-hetero) is 1. The molecule has 11 atom stereocenters. The molecule has 5 N–H and O–H groups in total. The Morgan fingerprint density at radius 3 is 2.05 bits per heavy atom. The number of hydrogen-bond donors (Lipinski definition) is 5. The second-order valence-corrected chi connectivity index (χ2v) is 17.7. The van der Waals surface area contributed by atoms with Crippen LogP contribution in [0.2, 0.25) is 0 Å². The Kier molecular flexibility index (Phi) is 13.6. The van der Waals surface area contributed by atoms with E-state index in [0.717, 1.165) is 13.8 Å². The van der Waals surface area contributed by atoms with Crippen molar-refractivity contribution in [1.29, 1.82) is 0 Å². The molecule has 0 aromatic heterocycles. The number of aliphatic hydroxyl groups is 3. The number of hydrogen-bond acceptors (Lipinski definition) is 15. The topological polar surface area (TPSA) is 243 Å². The fourth-order valence-electron chi connectivity index (χ4n) is 9.75. The number of fused-ring (bicyclic) bond motifs is 5. The van der Waals surface area contributed by atoms with Gasteiger partial charge >= 0.3 is 23.9 Å². The van der Waals surface area contributed by atoms with Gasteiger partial charge in [0.05, 0.1) is 35.6 Å². The highest BCUT2D eigenvalue weighted by molar-refractivity contribution is 5.96. The molecule has 2 heterocycles. The maximum atomic E-state index is 15.4. The lowest BCUT2D eigenvalue weighted by Crippen LogP contribution is -2.82. The molecule has 340 valence electrons. The summed E-state index contributed by atoms with van der Waals surface area (Å²) in [6.07, 6.45) is -8.88. The number of nitrogens with one attached hydrogen (secondary N) is 2. The highest BCUT2D eigenvalue weighted by atomic mass is 16.6. The zero-order valence-electron chi connectivity index (χ0n) is 36.8. The molecule has 4 fully saturated rings. The third-order valence-corrected chi connectivity index (χ3v) is 13.5. The maximum Gasteiger partial charge on any atom is 0.338 e. The third-order valence-electron chi connectivity index (χ3n) is 13.5. The van der Waals surface area contributed by atoms with Crippen LogP contribution in [0, 0.1) is 16.7 Å². The van der Waals surface area contributed by atoms with Gasteiger partial charge in [0, 0.05) is 50.8 Å². The summed E-state index contributed by atoms with van der Waals surface area (Å²) >= 11 is 0. The molecule has 3 aliphatic carbocycles. The van der Waals surface area contributed by atoms with Crippen molar-refractivity contribution in [3.8, 4) is 0 Å². The predicted octanol–water partition coefficient (Wildman–Crippen LogP) is 2.98. The lowest BCUT2D eigenvalue weighted by atomic mass is 9.44. The summed E-state index contributed by atoms with van der Waals surface area (Å²) < 4.78 is 30.2. The van der Waals surface area contributed by atoms with Gasteiger partial charge in [-0.25, -0.2) is 9.59 Å². The Morgan fingerprint density at radius 1 is 0.921 bits per heavy atom. The molecule has 2 saturated heterocycles. The van der Waals surface area contributed by atoms with Gasteiger partial charge < -0.3 is 49.6 Å². The van der Waals surface area contributed by atoms with Crippen LogP contribution in [0.3, 0.4) is 0 Å². The number of allylic oxidation sites excluding steroid dienone is 1. The summed E-state index contributed by atoms with van der Waals surface area (Å²) in [5, 5.41) is 43.0. The first-order valence-electron chi connectivity index (χ1n) is 21.1. The highest BCUT2D eigenvalue weighted by Crippen LogP contribution is 2.64. The van der Waals surface area contributed by atoms with Crippen molar-refractivity contribution in [3.63, 3.8) is 0 Å². The van der Waals surface area contributed by atoms with Crippen LogP contribution in [0.5, 0.6) is 0 Å². The first kappa shape index (κ1) is 47.2. The van der Waals surface area contributed by atoms with Crippen molar-refractivity contribution in [2.24, 2.45) is 16.7 Å². The number of amides is 1. The van der Waals surface area contributed by atoms with Gasteiger partial charge in [-0.15, -0.1) is 0 Å². The zero-order chi connectivity index (χ0) is 46.2. The molecule has 5 aliphatic rings. The molecule has 2 saturated carbocycles. The molecule has 63 heavy (non-hydrogen) atoms. The highest BCUT2D eigenvalue weighted by Gasteiger charge is 2.78. The van der Waals surface area contributed by atoms with Crippen LogP contribution in [-0.4, -0.2) is 118 Å². The predicted molar refractivity (Wildman–Crippen MR) is 224 cm³/mol. The number of aliphatic hydroxyl groups excluding tert-OH is 2. The molecule has 2 bridgehead atoms. The van der Waals surface area contributed by atoms with Gasteiger partial charge in [0.1, 0.15) is 23.9 Å². The second-order valence-electron chi connectivity index (χ2n) is 17.7. The molecule has 2 aliphatic heterocycles. The first-order valence-corrected chi connectivity index (χ1v) is 21.1. The number of carbonyl (C=O) groups excluding carboxylic acids is 6. The van der Waals surface area contributed by atoms with Crippen molar-refractivity contribution in [2.45, 2.75) is 122 Å². The number of ether oxygens (including phenoxy) is 5. The quantitative estimate of drug-likeness (QED) is 0.0758. The maximum absolute atomic E-state index is 15.4. The Bertz CT molecular complexity index is 2170. The summed E-state index contributed by atoms with van der Waals surface area (Å²) in [6.45, 7) is 13.7. The summed E-state index contributed by atoms with van der Waals surface area (Å²) in [7, 11) is 0. The van der Waals surface area contributed by atoms with Gasteiger partial charge in [-0.2, -0.15) is 0 Å². The van der Waals surface area contributed by atoms with Crippen molar-refractivity contribution >= 4 is 35.6 Å². The van der Waals surface area contributed by atoms with Crippen molar-refractivity contribution < 1.29 is 67.8 Å². The number of rotatable bonds is 10. The SMILES string of the molecule is C/C=C(\C)C(=O)N[C@@H](c1ccccc1)[C@@H](O)C(=O)O[C@H]1C[C@@]2(O)[C@@H](OC(=O)c3ccccc3)[C@@H]3[C@]4(OC(C)=O)CO[C@@H]4C[C@H](O)[C@@]3(C)C(=O)[C@H](OC(C)=O)C(=C1C)C2(C)C.C1CN1. The summed E-state index contributed by atoms with van der Waals surface area (Å²) in [5.74, 6) is -6.78. The normalized spacial score (nSPS) is 32.5. The molecule has 16 heteroatoms. The van der Waals surface area contributed by atoms with E-state index in [9.17, 15) is 39.3 Å². The molecule has 2 aromatic rings. The molecule has 0 radical (unpaired) electrons. The summed E-state index contributed by atoms with van der Waals surface area (Å²) in [4.78, 5) is 82.9. The van der Waals surface area contributed by atoms with E-state index in [2.05, 4.69) is 10.6 Å². The average molecular weight is 875 g/mol. The van der Waals surface area contributed by atoms with E-state index in [-0.39, 0.29) is 29.7 Å². The van der Waals surface area contributed by atoms with Crippen LogP contribution in [-0.2, 0) is 47.7 Å². The molecule has 2 aromatic carbocycles. The van der Waals surface area contributed by atoms with Gasteiger partial charge in [0.15, 0.2) is 23.6 Å². The van der Waals surface area contributed by atoms with E-state index in [1.54, 1.807) is 82.3 Å². The Balaban J connectivity index is 0.00000211. The van der Waals surface area contributed by atoms with Crippen LogP contribution in [0.4, 0.5) is 0 Å². The monoisotopic (exact) mass is 874 g/mol. The number of benzene rings is 2. The first-order chi connectivity index (χ1) is 29.6. The fraction of sp³-hybridized carbons (Fsp3) is 0.532. The zero-order valence-corrected chi connectivity index (χ0v) is 36.8. The van der Waals surface area contributed by atoms with Crippen LogP contribution in [0.1, 0.15) is 90.2 Å². The van der Waals surface area contributed by atoms with Gasteiger partial charge in [-0.3, -0.25) is 19.2 Å². The van der Waals surface area contributed by atoms with Crippen LogP contribution >= 0.6 is 0 Å². The third kappa shape index (κ3) is 8.58. The minimum Gasteiger partial charge on any atom is -0.456 e. The number of ketones is 1.